The first kappa shape index (κ1) is 14.2. The lowest BCUT2D eigenvalue weighted by Crippen LogP contribution is -2.19. The van der Waals surface area contributed by atoms with Crippen molar-refractivity contribution in [2.24, 2.45) is 5.14 Å². The highest BCUT2D eigenvalue weighted by atomic mass is 127. The molecule has 0 aliphatic rings. The van der Waals surface area contributed by atoms with Crippen LogP contribution in [0, 0.1) is 3.70 Å². The Morgan fingerprint density at radius 2 is 2.00 bits per heavy atom. The molecule has 0 fully saturated rings. The van der Waals surface area contributed by atoms with Crippen molar-refractivity contribution in [3.63, 3.8) is 0 Å². The van der Waals surface area contributed by atoms with Gasteiger partial charge in [-0.05, 0) is 22.6 Å². The number of hydrogen-bond donors (Lipinski definition) is 2. The van der Waals surface area contributed by atoms with Crippen LogP contribution in [-0.4, -0.2) is 24.9 Å². The number of aromatic hydroxyl groups is 1. The Kier molecular flexibility index (Phi) is 3.73. The molecule has 11 heteroatoms. The monoisotopic (exact) mass is 384 g/mol. The fourth-order valence-electron chi connectivity index (χ4n) is 0.852. The van der Waals surface area contributed by atoms with Crippen molar-refractivity contribution in [2.45, 2.75) is 11.3 Å². The minimum absolute atomic E-state index is 0.381. The van der Waals surface area contributed by atoms with Crippen molar-refractivity contribution in [2.75, 3.05) is 0 Å². The van der Waals surface area contributed by atoms with Gasteiger partial charge in [-0.15, -0.1) is 13.2 Å². The number of primary sulfonamides is 1. The Balaban J connectivity index is 3.35. The first-order valence-electron chi connectivity index (χ1n) is 3.69. The lowest BCUT2D eigenvalue weighted by Gasteiger charge is -2.10. The largest absolute Gasteiger partial charge is 0.574 e. The topological polar surface area (TPSA) is 103 Å². The van der Waals surface area contributed by atoms with E-state index in [2.05, 4.69) is 9.72 Å². The van der Waals surface area contributed by atoms with E-state index in [1.165, 1.54) is 22.6 Å². The Morgan fingerprint density at radius 3 is 2.41 bits per heavy atom. The summed E-state index contributed by atoms with van der Waals surface area (Å²) in [5, 5.41) is 14.0. The molecule has 0 amide bonds. The van der Waals surface area contributed by atoms with E-state index in [1.54, 1.807) is 0 Å². The third kappa shape index (κ3) is 3.85. The third-order valence-electron chi connectivity index (χ3n) is 1.42. The Labute approximate surface area is 107 Å². The summed E-state index contributed by atoms with van der Waals surface area (Å²) in [5.74, 6) is -1.86. The maximum Gasteiger partial charge on any atom is 0.574 e. The predicted octanol–water partition coefficient (Wildman–Crippen LogP) is 0.938. The predicted molar refractivity (Wildman–Crippen MR) is 56.7 cm³/mol. The Hall–Kier alpha value is -0.820. The van der Waals surface area contributed by atoms with E-state index in [0.717, 1.165) is 0 Å². The van der Waals surface area contributed by atoms with Gasteiger partial charge < -0.3 is 9.84 Å². The van der Waals surface area contributed by atoms with Crippen LogP contribution in [0.5, 0.6) is 11.6 Å². The van der Waals surface area contributed by atoms with Gasteiger partial charge >= 0.3 is 6.36 Å². The van der Waals surface area contributed by atoms with Crippen molar-refractivity contribution < 1.29 is 31.4 Å². The summed E-state index contributed by atoms with van der Waals surface area (Å²) in [6, 6.07) is 0.389. The zero-order valence-electron chi connectivity index (χ0n) is 7.69. The van der Waals surface area contributed by atoms with E-state index in [0.29, 0.717) is 6.07 Å². The summed E-state index contributed by atoms with van der Waals surface area (Å²) in [4.78, 5) is 2.31. The molecule has 1 heterocycles. The van der Waals surface area contributed by atoms with E-state index < -0.39 is 32.9 Å². The molecule has 0 unspecified atom stereocenters. The molecule has 6 nitrogen and oxygen atoms in total. The van der Waals surface area contributed by atoms with E-state index in [1.807, 2.05) is 0 Å². The van der Waals surface area contributed by atoms with Crippen LogP contribution >= 0.6 is 22.6 Å². The highest BCUT2D eigenvalue weighted by Gasteiger charge is 2.33. The summed E-state index contributed by atoms with van der Waals surface area (Å²) >= 11 is 1.34. The van der Waals surface area contributed by atoms with Crippen molar-refractivity contribution >= 4 is 32.6 Å². The molecule has 0 atom stereocenters. The van der Waals surface area contributed by atoms with Crippen molar-refractivity contribution in [1.82, 2.24) is 4.98 Å². The van der Waals surface area contributed by atoms with Crippen LogP contribution in [0.4, 0.5) is 13.2 Å². The number of alkyl halides is 3. The van der Waals surface area contributed by atoms with Crippen LogP contribution in [-0.2, 0) is 10.0 Å². The lowest BCUT2D eigenvalue weighted by atomic mass is 10.4. The van der Waals surface area contributed by atoms with Gasteiger partial charge in [0.05, 0.1) is 0 Å². The summed E-state index contributed by atoms with van der Waals surface area (Å²) in [7, 11) is -4.38. The van der Waals surface area contributed by atoms with Crippen LogP contribution in [0.15, 0.2) is 11.0 Å². The van der Waals surface area contributed by atoms with Crippen LogP contribution in [0.3, 0.4) is 0 Å². The number of ether oxygens (including phenoxy) is 1. The summed E-state index contributed by atoms with van der Waals surface area (Å²) in [6.45, 7) is 0. The number of nitrogens with zero attached hydrogens (tertiary/aromatic N) is 1. The van der Waals surface area contributed by atoms with Crippen LogP contribution in [0.1, 0.15) is 0 Å². The molecule has 0 saturated carbocycles. The summed E-state index contributed by atoms with van der Waals surface area (Å²) in [6.07, 6.45) is -5.03. The Bertz CT molecular complexity index is 545. The molecule has 0 spiro atoms. The molecule has 0 aromatic carbocycles. The van der Waals surface area contributed by atoms with Crippen molar-refractivity contribution in [1.29, 1.82) is 0 Å². The van der Waals surface area contributed by atoms with Gasteiger partial charge in [0.1, 0.15) is 8.60 Å². The summed E-state index contributed by atoms with van der Waals surface area (Å²) in [5.41, 5.74) is 0. The molecule has 17 heavy (non-hydrogen) atoms. The van der Waals surface area contributed by atoms with Gasteiger partial charge in [0.25, 0.3) is 0 Å². The zero-order chi connectivity index (χ0) is 13.4. The van der Waals surface area contributed by atoms with Gasteiger partial charge in [-0.25, -0.2) is 18.5 Å². The highest BCUT2D eigenvalue weighted by molar-refractivity contribution is 14.1. The smallest absolute Gasteiger partial charge is 0.504 e. The third-order valence-corrected chi connectivity index (χ3v) is 3.09. The maximum absolute atomic E-state index is 11.9. The van der Waals surface area contributed by atoms with Gasteiger partial charge in [-0.1, -0.05) is 0 Å². The SMILES string of the molecule is NS(=O)(=O)c1cc(OC(F)(F)F)nc(I)c1O. The fourth-order valence-corrected chi connectivity index (χ4v) is 2.19. The molecular weight excluding hydrogens is 380 g/mol. The normalized spacial score (nSPS) is 12.5. The molecule has 0 aliphatic heterocycles. The number of hydrogen-bond acceptors (Lipinski definition) is 5. The van der Waals surface area contributed by atoms with E-state index in [9.17, 15) is 26.7 Å². The molecule has 1 aromatic heterocycles. The number of nitrogens with two attached hydrogens (primary N) is 1. The van der Waals surface area contributed by atoms with Gasteiger partial charge in [0.2, 0.25) is 15.9 Å². The van der Waals surface area contributed by atoms with Crippen molar-refractivity contribution in [3.05, 3.63) is 9.77 Å². The minimum atomic E-state index is -5.03. The first-order chi connectivity index (χ1) is 7.50. The molecule has 3 N–H and O–H groups in total. The quantitative estimate of drug-likeness (QED) is 0.584. The molecule has 1 aromatic rings. The molecular formula is C6H4F3IN2O4S. The van der Waals surface area contributed by atoms with E-state index in [-0.39, 0.29) is 3.70 Å². The van der Waals surface area contributed by atoms with Crippen LogP contribution in [0.25, 0.3) is 0 Å². The minimum Gasteiger partial charge on any atom is -0.504 e. The van der Waals surface area contributed by atoms with Gasteiger partial charge in [-0.3, -0.25) is 0 Å². The first-order valence-corrected chi connectivity index (χ1v) is 6.31. The standard InChI is InChI=1S/C6H4F3IN2O4S/c7-6(8,9)16-3-1-2(17(11,14)15)4(13)5(10)12-3/h1,13H,(H2,11,14,15). The number of aromatic nitrogens is 1. The second-order valence-corrected chi connectivity index (χ2v) is 5.24. The lowest BCUT2D eigenvalue weighted by molar-refractivity contribution is -0.276. The Morgan fingerprint density at radius 1 is 1.47 bits per heavy atom. The van der Waals surface area contributed by atoms with Crippen molar-refractivity contribution in [3.8, 4) is 11.6 Å². The summed E-state index contributed by atoms with van der Waals surface area (Å²) < 4.78 is 60.7. The molecule has 0 aliphatic carbocycles. The van der Waals surface area contributed by atoms with Gasteiger partial charge in [0.15, 0.2) is 5.75 Å². The number of halogens is 4. The van der Waals surface area contributed by atoms with Crippen LogP contribution in [0.2, 0.25) is 0 Å². The maximum atomic E-state index is 11.9. The average molecular weight is 384 g/mol. The second kappa shape index (κ2) is 4.45. The zero-order valence-corrected chi connectivity index (χ0v) is 10.7. The van der Waals surface area contributed by atoms with Gasteiger partial charge in [0, 0.05) is 6.07 Å². The molecule has 96 valence electrons. The molecule has 0 bridgehead atoms. The van der Waals surface area contributed by atoms with E-state index in [4.69, 9.17) is 5.14 Å². The van der Waals surface area contributed by atoms with Crippen LogP contribution < -0.4 is 9.88 Å². The van der Waals surface area contributed by atoms with E-state index >= 15 is 0 Å². The number of rotatable bonds is 2. The second-order valence-electron chi connectivity index (χ2n) is 2.69. The highest BCUT2D eigenvalue weighted by Crippen LogP contribution is 2.31. The fraction of sp³-hybridized carbons (Fsp3) is 0.167. The molecule has 1 rings (SSSR count). The average Bonchev–Trinajstić information content (AvgIpc) is 2.06. The number of sulfonamides is 1. The molecule has 0 saturated heterocycles. The number of pyridine rings is 1. The van der Waals surface area contributed by atoms with Gasteiger partial charge in [-0.2, -0.15) is 0 Å². The molecule has 0 radical (unpaired) electrons.